The number of carbonyl (C=O) groups is 2. The van der Waals surface area contributed by atoms with Crippen LogP contribution in [0.1, 0.15) is 373 Å². The minimum atomic E-state index is -0.852. The molecule has 0 aromatic carbocycles. The van der Waals surface area contributed by atoms with Gasteiger partial charge in [0.2, 0.25) is 5.91 Å². The second-order valence-corrected chi connectivity index (χ2v) is 23.2. The van der Waals surface area contributed by atoms with Crippen molar-refractivity contribution < 1.29 is 24.5 Å². The largest absolute Gasteiger partial charge is 0.466 e. The zero-order valence-electron chi connectivity index (χ0n) is 50.1. The molecule has 2 unspecified atom stereocenters. The molecule has 6 nitrogen and oxygen atoms in total. The fourth-order valence-electron chi connectivity index (χ4n) is 10.6. The lowest BCUT2D eigenvalue weighted by Crippen LogP contribution is -2.45. The van der Waals surface area contributed by atoms with E-state index in [-0.39, 0.29) is 18.5 Å². The summed E-state index contributed by atoms with van der Waals surface area (Å²) in [7, 11) is 0. The first-order chi connectivity index (χ1) is 36.5. The lowest BCUT2D eigenvalue weighted by atomic mass is 10.0. The first-order valence-corrected chi connectivity index (χ1v) is 33.6. The SMILES string of the molecule is CCCCCCCC/C=C\CCCCCCCCCC(=O)OCCCCCCCCCCCCCCCCCC(=O)NC(CO)C(O)/C=C/CCCCCCCCCCCCCCCCCCCCCCCCC. The van der Waals surface area contributed by atoms with Gasteiger partial charge in [0.05, 0.1) is 25.4 Å². The Hall–Kier alpha value is -1.66. The van der Waals surface area contributed by atoms with Crippen molar-refractivity contribution in [3.05, 3.63) is 24.3 Å². The Labute approximate surface area is 462 Å². The molecule has 1 amide bonds. The summed E-state index contributed by atoms with van der Waals surface area (Å²) in [4.78, 5) is 24.6. The Kier molecular flexibility index (Phi) is 62.4. The lowest BCUT2D eigenvalue weighted by molar-refractivity contribution is -0.143. The summed E-state index contributed by atoms with van der Waals surface area (Å²) in [5.74, 6) is -0.0751. The second-order valence-electron chi connectivity index (χ2n) is 23.2. The molecule has 0 rings (SSSR count). The Morgan fingerprint density at radius 2 is 0.635 bits per heavy atom. The summed E-state index contributed by atoms with van der Waals surface area (Å²) in [6.07, 6.45) is 79.4. The molecule has 0 aliphatic carbocycles. The normalized spacial score (nSPS) is 12.6. The number of allylic oxidation sites excluding steroid dienone is 3. The predicted molar refractivity (Wildman–Crippen MR) is 324 cm³/mol. The average molecular weight is 1040 g/mol. The van der Waals surface area contributed by atoms with Crippen LogP contribution in [0.4, 0.5) is 0 Å². The lowest BCUT2D eigenvalue weighted by Gasteiger charge is -2.20. The number of unbranched alkanes of at least 4 members (excludes halogenated alkanes) is 50. The van der Waals surface area contributed by atoms with Crippen LogP contribution in [0.3, 0.4) is 0 Å². The maximum atomic E-state index is 12.5. The third-order valence-electron chi connectivity index (χ3n) is 15.7. The molecule has 0 radical (unpaired) electrons. The van der Waals surface area contributed by atoms with Gasteiger partial charge in [0.25, 0.3) is 0 Å². The van der Waals surface area contributed by atoms with Crippen molar-refractivity contribution in [2.24, 2.45) is 0 Å². The van der Waals surface area contributed by atoms with Gasteiger partial charge >= 0.3 is 5.97 Å². The third kappa shape index (κ3) is 59.6. The van der Waals surface area contributed by atoms with Gasteiger partial charge in [-0.3, -0.25) is 9.59 Å². The third-order valence-corrected chi connectivity index (χ3v) is 15.7. The van der Waals surface area contributed by atoms with Crippen LogP contribution in [0.25, 0.3) is 0 Å². The summed E-state index contributed by atoms with van der Waals surface area (Å²) >= 11 is 0. The quantitative estimate of drug-likeness (QED) is 0.0320. The van der Waals surface area contributed by atoms with E-state index >= 15 is 0 Å². The van der Waals surface area contributed by atoms with Crippen molar-refractivity contribution in [1.82, 2.24) is 5.32 Å². The molecule has 6 heteroatoms. The summed E-state index contributed by atoms with van der Waals surface area (Å²) in [5, 5.41) is 23.3. The maximum absolute atomic E-state index is 12.5. The van der Waals surface area contributed by atoms with Crippen molar-refractivity contribution >= 4 is 11.9 Å². The summed E-state index contributed by atoms with van der Waals surface area (Å²) in [6.45, 7) is 4.91. The van der Waals surface area contributed by atoms with Gasteiger partial charge in [-0.1, -0.05) is 327 Å². The zero-order chi connectivity index (χ0) is 53.6. The number of amides is 1. The number of rotatable bonds is 63. The Balaban J connectivity index is 3.45. The number of nitrogens with one attached hydrogen (secondary N) is 1. The number of ether oxygens (including phenoxy) is 1. The molecule has 0 bridgehead atoms. The highest BCUT2D eigenvalue weighted by atomic mass is 16.5. The van der Waals surface area contributed by atoms with E-state index in [0.29, 0.717) is 19.4 Å². The minimum absolute atomic E-state index is 0.00269. The molecule has 0 spiro atoms. The van der Waals surface area contributed by atoms with Gasteiger partial charge in [0, 0.05) is 12.8 Å². The van der Waals surface area contributed by atoms with Crippen LogP contribution in [0.5, 0.6) is 0 Å². The fraction of sp³-hybridized carbons (Fsp3) is 0.912. The topological polar surface area (TPSA) is 95.9 Å². The van der Waals surface area contributed by atoms with Crippen LogP contribution in [0.15, 0.2) is 24.3 Å². The average Bonchev–Trinajstić information content (AvgIpc) is 3.40. The smallest absolute Gasteiger partial charge is 0.305 e. The fourth-order valence-corrected chi connectivity index (χ4v) is 10.6. The van der Waals surface area contributed by atoms with Gasteiger partial charge in [-0.15, -0.1) is 0 Å². The van der Waals surface area contributed by atoms with E-state index in [2.05, 4.69) is 31.3 Å². The Bertz CT molecular complexity index is 1150. The molecule has 0 heterocycles. The monoisotopic (exact) mass is 1040 g/mol. The number of hydrogen-bond donors (Lipinski definition) is 3. The van der Waals surface area contributed by atoms with E-state index < -0.39 is 12.1 Å². The maximum Gasteiger partial charge on any atom is 0.305 e. The number of aliphatic hydroxyl groups is 2. The summed E-state index contributed by atoms with van der Waals surface area (Å²) < 4.78 is 5.49. The minimum Gasteiger partial charge on any atom is -0.466 e. The molecule has 0 saturated carbocycles. The van der Waals surface area contributed by atoms with Crippen LogP contribution in [0, 0.1) is 0 Å². The Morgan fingerprint density at radius 3 is 0.959 bits per heavy atom. The van der Waals surface area contributed by atoms with Gasteiger partial charge in [0.15, 0.2) is 0 Å². The molecule has 74 heavy (non-hydrogen) atoms. The predicted octanol–water partition coefficient (Wildman–Crippen LogP) is 21.4. The number of carbonyl (C=O) groups excluding carboxylic acids is 2. The molecule has 0 aromatic heterocycles. The van der Waals surface area contributed by atoms with Crippen molar-refractivity contribution in [2.75, 3.05) is 13.2 Å². The van der Waals surface area contributed by atoms with E-state index in [1.54, 1.807) is 6.08 Å². The molecular weight excluding hydrogens is 911 g/mol. The molecule has 2 atom stereocenters. The van der Waals surface area contributed by atoms with Crippen LogP contribution >= 0.6 is 0 Å². The van der Waals surface area contributed by atoms with Crippen molar-refractivity contribution in [2.45, 2.75) is 386 Å². The molecule has 0 aliphatic heterocycles. The van der Waals surface area contributed by atoms with Gasteiger partial charge < -0.3 is 20.3 Å². The van der Waals surface area contributed by atoms with Crippen molar-refractivity contribution in [3.63, 3.8) is 0 Å². The van der Waals surface area contributed by atoms with Crippen molar-refractivity contribution in [1.29, 1.82) is 0 Å². The zero-order valence-corrected chi connectivity index (χ0v) is 50.1. The molecule has 0 fully saturated rings. The van der Waals surface area contributed by atoms with E-state index in [1.807, 2.05) is 6.08 Å². The van der Waals surface area contributed by atoms with Crippen LogP contribution < -0.4 is 5.32 Å². The van der Waals surface area contributed by atoms with Crippen LogP contribution in [0.2, 0.25) is 0 Å². The highest BCUT2D eigenvalue weighted by Crippen LogP contribution is 2.18. The van der Waals surface area contributed by atoms with Crippen molar-refractivity contribution in [3.8, 4) is 0 Å². The molecule has 438 valence electrons. The molecule has 3 N–H and O–H groups in total. The van der Waals surface area contributed by atoms with E-state index in [4.69, 9.17) is 4.74 Å². The highest BCUT2D eigenvalue weighted by molar-refractivity contribution is 5.76. The molecule has 0 saturated heterocycles. The first kappa shape index (κ1) is 72.3. The van der Waals surface area contributed by atoms with Crippen LogP contribution in [-0.2, 0) is 14.3 Å². The summed E-state index contributed by atoms with van der Waals surface area (Å²) in [6, 6.07) is -0.636. The van der Waals surface area contributed by atoms with E-state index in [1.165, 1.54) is 295 Å². The number of hydrogen-bond acceptors (Lipinski definition) is 5. The summed E-state index contributed by atoms with van der Waals surface area (Å²) in [5.41, 5.74) is 0. The Morgan fingerprint density at radius 1 is 0.365 bits per heavy atom. The molecular formula is C68H131NO5. The van der Waals surface area contributed by atoms with Gasteiger partial charge in [-0.2, -0.15) is 0 Å². The van der Waals surface area contributed by atoms with Gasteiger partial charge in [-0.05, 0) is 57.8 Å². The molecule has 0 aromatic rings. The van der Waals surface area contributed by atoms with Gasteiger partial charge in [0.1, 0.15) is 0 Å². The van der Waals surface area contributed by atoms with E-state index in [0.717, 1.165) is 51.4 Å². The first-order valence-electron chi connectivity index (χ1n) is 33.6. The number of aliphatic hydroxyl groups excluding tert-OH is 2. The van der Waals surface area contributed by atoms with Crippen LogP contribution in [-0.4, -0.2) is 47.4 Å². The van der Waals surface area contributed by atoms with Gasteiger partial charge in [-0.25, -0.2) is 0 Å². The molecule has 0 aliphatic rings. The standard InChI is InChI=1S/C68H131NO5/c1-3-5-7-9-11-13-15-17-19-21-22-23-24-25-26-27-28-30-32-36-40-44-48-52-56-60-66(71)65(64-70)69-67(72)61-57-53-49-45-41-37-33-31-35-39-43-47-51-55-59-63-74-68(73)62-58-54-50-46-42-38-34-29-20-18-16-14-12-10-8-6-4-2/h18,20,56,60,65-66,70-71H,3-17,19,21-55,57-59,61-64H2,1-2H3,(H,69,72)/b20-18-,60-56+. The highest BCUT2D eigenvalue weighted by Gasteiger charge is 2.18. The van der Waals surface area contributed by atoms with E-state index in [9.17, 15) is 19.8 Å². The number of esters is 1. The second kappa shape index (κ2) is 63.9.